The number of hydrogen-bond acceptors (Lipinski definition) is 5. The van der Waals surface area contributed by atoms with Crippen molar-refractivity contribution >= 4 is 11.8 Å². The highest BCUT2D eigenvalue weighted by molar-refractivity contribution is 6.02. The summed E-state index contributed by atoms with van der Waals surface area (Å²) in [7, 11) is 4.20. The van der Waals surface area contributed by atoms with Crippen LogP contribution in [0.4, 0.5) is 4.79 Å². The second-order valence-electron chi connectivity index (χ2n) is 20.8. The van der Waals surface area contributed by atoms with E-state index in [9.17, 15) is 14.7 Å². The van der Waals surface area contributed by atoms with Gasteiger partial charge in [-0.3, -0.25) is 4.79 Å². The molecule has 1 aliphatic heterocycles. The lowest BCUT2D eigenvalue weighted by atomic mass is 9.33. The summed E-state index contributed by atoms with van der Waals surface area (Å²) in [6.45, 7) is 19.1. The Bertz CT molecular complexity index is 1850. The number of urea groups is 1. The predicted molar refractivity (Wildman–Crippen MR) is 219 cm³/mol. The van der Waals surface area contributed by atoms with Crippen LogP contribution in [0.15, 0.2) is 47.7 Å². The number of aliphatic hydroxyl groups excluding tert-OH is 1. The minimum atomic E-state index is -0.637. The van der Waals surface area contributed by atoms with E-state index < -0.39 is 5.54 Å². The molecule has 1 aromatic carbocycles. The number of aliphatic hydroxyl groups is 1. The Hall–Kier alpha value is -2.97. The normalized spacial score (nSPS) is 38.2. The van der Waals surface area contributed by atoms with Crippen molar-refractivity contribution in [1.29, 1.82) is 0 Å². The number of likely N-dealkylation sites (N-methyl/N-ethyl adjacent to an activating group) is 1. The molecule has 2 heterocycles. The van der Waals surface area contributed by atoms with E-state index in [1.165, 1.54) is 12.0 Å². The molecule has 8 rings (SSSR count). The molecular formula is C47H69N5O3. The topological polar surface area (TPSA) is 90.7 Å². The molecule has 2 aromatic rings. The van der Waals surface area contributed by atoms with Crippen LogP contribution in [0, 0.1) is 45.3 Å². The number of rotatable bonds is 7. The maximum absolute atomic E-state index is 14.9. The van der Waals surface area contributed by atoms with Gasteiger partial charge in [-0.1, -0.05) is 78.8 Å². The van der Waals surface area contributed by atoms with Crippen molar-refractivity contribution in [3.8, 4) is 11.3 Å². The first-order valence-electron chi connectivity index (χ1n) is 21.8. The Morgan fingerprint density at radius 2 is 1.69 bits per heavy atom. The molecule has 55 heavy (non-hydrogen) atoms. The molecule has 2 amide bonds. The van der Waals surface area contributed by atoms with Crippen LogP contribution in [0.1, 0.15) is 131 Å². The van der Waals surface area contributed by atoms with Crippen molar-refractivity contribution in [2.45, 2.75) is 143 Å². The first-order chi connectivity index (χ1) is 26.0. The zero-order valence-electron chi connectivity index (χ0n) is 35.4. The Balaban J connectivity index is 1.12. The number of hydrogen-bond donors (Lipinski definition) is 2. The smallest absolute Gasteiger partial charge is 0.318 e. The van der Waals surface area contributed by atoms with Gasteiger partial charge in [-0.05, 0) is 140 Å². The summed E-state index contributed by atoms with van der Waals surface area (Å²) in [5.41, 5.74) is 4.13. The third-order valence-corrected chi connectivity index (χ3v) is 17.3. The van der Waals surface area contributed by atoms with Gasteiger partial charge in [0.1, 0.15) is 5.82 Å². The number of fused-ring (bicyclic) bond motifs is 7. The maximum atomic E-state index is 14.9. The molecule has 9 atom stereocenters. The van der Waals surface area contributed by atoms with Crippen molar-refractivity contribution in [1.82, 2.24) is 24.7 Å². The number of benzene rings is 1. The first-order valence-corrected chi connectivity index (χ1v) is 21.8. The second-order valence-corrected chi connectivity index (χ2v) is 20.8. The number of likely N-dealkylation sites (tertiary alicyclic amines) is 1. The highest BCUT2D eigenvalue weighted by Gasteiger charge is 2.70. The van der Waals surface area contributed by atoms with Gasteiger partial charge in [0, 0.05) is 26.1 Å². The number of amides is 2. The van der Waals surface area contributed by atoms with Gasteiger partial charge in [0.05, 0.1) is 29.6 Å². The third kappa shape index (κ3) is 5.75. The lowest BCUT2D eigenvalue weighted by Crippen LogP contribution is -2.67. The largest absolute Gasteiger partial charge is 0.393 e. The standard InChI is InChI=1S/C47H69N5O3/c1-30(2)39-35(53)28-47(49-42(55)52-25-13-16-33(52)41-48-29-34(31-14-11-10-12-15-31)51(41)27-26-50(8)9)24-23-45(6)32(40(39)47)17-18-37-44(5)21-20-38(54)43(3,4)36(44)19-22-46(37,45)7/h10-12,14-15,29-30,32-33,36-38,54H,13,16-28H2,1-9H3,(H,49,55)/t32-,33+,36?,37?,38+,44+,45-,46-,47-/m1/s1. The molecule has 5 aliphatic carbocycles. The SMILES string of the molecule is CC(C)C1=C2[C@H]3CCC4[C@@]5(C)CC[C@H](O)C(C)(C)C5CC[C@@]4(C)[C@]3(C)CC[C@@]2(NC(=O)N2CCC[C@H]2c2ncc(-c3ccccc3)n2CCN(C)C)CC1=O. The number of carbonyl (C=O) groups is 2. The summed E-state index contributed by atoms with van der Waals surface area (Å²) >= 11 is 0. The first kappa shape index (κ1) is 38.9. The van der Waals surface area contributed by atoms with E-state index in [0.717, 1.165) is 93.5 Å². The monoisotopic (exact) mass is 752 g/mol. The quantitative estimate of drug-likeness (QED) is 0.295. The van der Waals surface area contributed by atoms with E-state index in [1.54, 1.807) is 0 Å². The number of allylic oxidation sites excluding steroid dienone is 1. The fourth-order valence-electron chi connectivity index (χ4n) is 14.3. The molecule has 2 N–H and O–H groups in total. The van der Waals surface area contributed by atoms with Crippen molar-refractivity contribution < 1.29 is 14.7 Å². The molecule has 2 unspecified atom stereocenters. The number of nitrogens with one attached hydrogen (secondary N) is 1. The van der Waals surface area contributed by atoms with E-state index >= 15 is 0 Å². The molecule has 8 nitrogen and oxygen atoms in total. The van der Waals surface area contributed by atoms with Crippen molar-refractivity contribution in [3.05, 3.63) is 53.5 Å². The van der Waals surface area contributed by atoms with E-state index in [4.69, 9.17) is 4.98 Å². The molecule has 6 aliphatic rings. The predicted octanol–water partition coefficient (Wildman–Crippen LogP) is 9.05. The molecule has 1 saturated heterocycles. The highest BCUT2D eigenvalue weighted by Crippen LogP contribution is 2.75. The average molecular weight is 752 g/mol. The lowest BCUT2D eigenvalue weighted by molar-refractivity contribution is -0.226. The van der Waals surface area contributed by atoms with Gasteiger partial charge < -0.3 is 24.8 Å². The number of nitrogens with zero attached hydrogens (tertiary/aromatic N) is 4. The molecular weight excluding hydrogens is 683 g/mol. The number of ketones is 1. The van der Waals surface area contributed by atoms with Crippen molar-refractivity contribution in [2.75, 3.05) is 27.2 Å². The number of imidazole rings is 1. The van der Waals surface area contributed by atoms with Crippen LogP contribution >= 0.6 is 0 Å². The summed E-state index contributed by atoms with van der Waals surface area (Å²) in [5.74, 6) is 2.67. The Morgan fingerprint density at radius 1 is 0.945 bits per heavy atom. The van der Waals surface area contributed by atoms with Crippen LogP contribution in [0.2, 0.25) is 0 Å². The van der Waals surface area contributed by atoms with Crippen LogP contribution in [0.25, 0.3) is 11.3 Å². The van der Waals surface area contributed by atoms with Gasteiger partial charge in [-0.2, -0.15) is 0 Å². The average Bonchev–Trinajstić information content (AvgIpc) is 3.85. The molecule has 0 bridgehead atoms. The Labute approximate surface area is 330 Å². The number of aromatic nitrogens is 2. The van der Waals surface area contributed by atoms with Crippen molar-refractivity contribution in [2.24, 2.45) is 45.3 Å². The van der Waals surface area contributed by atoms with E-state index in [-0.39, 0.29) is 57.5 Å². The minimum absolute atomic E-state index is 0.0274. The third-order valence-electron chi connectivity index (χ3n) is 17.3. The summed E-state index contributed by atoms with van der Waals surface area (Å²) in [6, 6.07) is 10.3. The molecule has 8 heteroatoms. The summed E-state index contributed by atoms with van der Waals surface area (Å²) < 4.78 is 2.33. The van der Waals surface area contributed by atoms with E-state index in [2.05, 4.69) is 102 Å². The van der Waals surface area contributed by atoms with Gasteiger partial charge in [-0.15, -0.1) is 0 Å². The van der Waals surface area contributed by atoms with Crippen molar-refractivity contribution in [3.63, 3.8) is 0 Å². The van der Waals surface area contributed by atoms with Crippen LogP contribution in [0.5, 0.6) is 0 Å². The highest BCUT2D eigenvalue weighted by atomic mass is 16.3. The summed E-state index contributed by atoms with van der Waals surface area (Å²) in [4.78, 5) is 38.5. The van der Waals surface area contributed by atoms with Gasteiger partial charge in [-0.25, -0.2) is 9.78 Å². The van der Waals surface area contributed by atoms with Gasteiger partial charge in [0.15, 0.2) is 5.78 Å². The fourth-order valence-corrected chi connectivity index (χ4v) is 14.3. The van der Waals surface area contributed by atoms with Crippen LogP contribution in [-0.2, 0) is 11.3 Å². The van der Waals surface area contributed by atoms with Gasteiger partial charge in [0.2, 0.25) is 0 Å². The van der Waals surface area contributed by atoms with Gasteiger partial charge >= 0.3 is 6.03 Å². The van der Waals surface area contributed by atoms with Gasteiger partial charge in [0.25, 0.3) is 0 Å². The molecule has 300 valence electrons. The maximum Gasteiger partial charge on any atom is 0.318 e. The Morgan fingerprint density at radius 3 is 2.40 bits per heavy atom. The summed E-state index contributed by atoms with van der Waals surface area (Å²) in [6.07, 6.45) is 12.3. The molecule has 0 spiro atoms. The number of Topliss-reactive ketones (excluding diaryl/α,β-unsaturated/α-hetero) is 1. The van der Waals surface area contributed by atoms with Crippen LogP contribution in [0.3, 0.4) is 0 Å². The zero-order valence-corrected chi connectivity index (χ0v) is 35.4. The molecule has 0 radical (unpaired) electrons. The molecule has 4 saturated carbocycles. The summed E-state index contributed by atoms with van der Waals surface area (Å²) in [5, 5.41) is 14.9. The zero-order chi connectivity index (χ0) is 39.3. The minimum Gasteiger partial charge on any atom is -0.393 e. The molecule has 1 aromatic heterocycles. The fraction of sp³-hybridized carbons (Fsp3) is 0.723. The lowest BCUT2D eigenvalue weighted by Gasteiger charge is -2.72. The Kier molecular flexibility index (Phi) is 9.59. The number of carbonyl (C=O) groups excluding carboxylic acids is 2. The van der Waals surface area contributed by atoms with E-state index in [0.29, 0.717) is 24.8 Å². The van der Waals surface area contributed by atoms with Crippen LogP contribution in [-0.4, -0.2) is 75.1 Å². The molecule has 5 fully saturated rings. The van der Waals surface area contributed by atoms with Crippen LogP contribution < -0.4 is 5.32 Å². The second kappa shape index (κ2) is 13.6. The van der Waals surface area contributed by atoms with E-state index in [1.807, 2.05) is 17.2 Å².